The number of aromatic amines is 1. The molecule has 3 N–H and O–H groups in total. The van der Waals surface area contributed by atoms with Crippen LogP contribution in [-0.4, -0.2) is 35.3 Å². The van der Waals surface area contributed by atoms with Crippen LogP contribution in [0.3, 0.4) is 0 Å². The smallest absolute Gasteiger partial charge is 0.267 e. The maximum absolute atomic E-state index is 12.2. The lowest BCUT2D eigenvalue weighted by molar-refractivity contribution is 0.0913. The molecule has 1 saturated carbocycles. The minimum absolute atomic E-state index is 0.131. The van der Waals surface area contributed by atoms with Gasteiger partial charge in [-0.2, -0.15) is 0 Å². The zero-order valence-corrected chi connectivity index (χ0v) is 12.8. The second-order valence-corrected chi connectivity index (χ2v) is 5.83. The number of rotatable bonds is 5. The van der Waals surface area contributed by atoms with Crippen molar-refractivity contribution in [3.63, 3.8) is 0 Å². The highest BCUT2D eigenvalue weighted by Gasteiger charge is 2.25. The lowest BCUT2D eigenvalue weighted by Crippen LogP contribution is -2.32. The number of ether oxygens (including phenoxy) is 1. The summed E-state index contributed by atoms with van der Waals surface area (Å²) in [6, 6.07) is 7.58. The largest absolute Gasteiger partial charge is 0.494 e. The standard InChI is InChI=1S/C17H22N2O3/c1-2-22-13-7-6-11-8-15(19-14(11)9-13)17(21)18-10-12-4-3-5-16(12)20/h6-9,12,16,19-20H,2-5,10H2,1H3,(H,18,21). The fourth-order valence-electron chi connectivity index (χ4n) is 3.06. The normalized spacial score (nSPS) is 21.2. The summed E-state index contributed by atoms with van der Waals surface area (Å²) in [6.45, 7) is 3.08. The van der Waals surface area contributed by atoms with Crippen LogP contribution in [0.2, 0.25) is 0 Å². The number of aromatic nitrogens is 1. The van der Waals surface area contributed by atoms with Crippen LogP contribution >= 0.6 is 0 Å². The molecule has 0 radical (unpaired) electrons. The van der Waals surface area contributed by atoms with E-state index in [1.807, 2.05) is 31.2 Å². The maximum Gasteiger partial charge on any atom is 0.267 e. The summed E-state index contributed by atoms with van der Waals surface area (Å²) in [5.74, 6) is 0.837. The number of aliphatic hydroxyl groups is 1. The van der Waals surface area contributed by atoms with Gasteiger partial charge in [0.05, 0.1) is 12.7 Å². The lowest BCUT2D eigenvalue weighted by Gasteiger charge is -2.14. The van der Waals surface area contributed by atoms with Crippen LogP contribution in [0.25, 0.3) is 10.9 Å². The molecular weight excluding hydrogens is 280 g/mol. The van der Waals surface area contributed by atoms with Crippen LogP contribution in [0, 0.1) is 5.92 Å². The van der Waals surface area contributed by atoms with Crippen LogP contribution < -0.4 is 10.1 Å². The first kappa shape index (κ1) is 14.9. The Morgan fingerprint density at radius 1 is 1.41 bits per heavy atom. The van der Waals surface area contributed by atoms with Gasteiger partial charge in [-0.3, -0.25) is 4.79 Å². The predicted molar refractivity (Wildman–Crippen MR) is 85.1 cm³/mol. The van der Waals surface area contributed by atoms with Gasteiger partial charge in [0, 0.05) is 29.4 Å². The summed E-state index contributed by atoms with van der Waals surface area (Å²) in [6.07, 6.45) is 2.57. The van der Waals surface area contributed by atoms with E-state index < -0.39 is 0 Å². The van der Waals surface area contributed by atoms with Gasteiger partial charge in [0.25, 0.3) is 5.91 Å². The number of H-pyrrole nitrogens is 1. The zero-order valence-electron chi connectivity index (χ0n) is 12.8. The van der Waals surface area contributed by atoms with Gasteiger partial charge in [-0.05, 0) is 38.0 Å². The number of hydrogen-bond donors (Lipinski definition) is 3. The van der Waals surface area contributed by atoms with Gasteiger partial charge in [0.1, 0.15) is 11.4 Å². The highest BCUT2D eigenvalue weighted by atomic mass is 16.5. The third-order valence-electron chi connectivity index (χ3n) is 4.29. The van der Waals surface area contributed by atoms with E-state index >= 15 is 0 Å². The van der Waals surface area contributed by atoms with Crippen LogP contribution in [0.15, 0.2) is 24.3 Å². The van der Waals surface area contributed by atoms with Crippen molar-refractivity contribution in [1.82, 2.24) is 10.3 Å². The van der Waals surface area contributed by atoms with E-state index in [0.717, 1.165) is 35.9 Å². The van der Waals surface area contributed by atoms with Gasteiger partial charge in [-0.15, -0.1) is 0 Å². The number of carbonyl (C=O) groups excluding carboxylic acids is 1. The molecule has 1 aromatic heterocycles. The van der Waals surface area contributed by atoms with E-state index in [4.69, 9.17) is 4.74 Å². The molecule has 22 heavy (non-hydrogen) atoms. The molecule has 1 aromatic carbocycles. The van der Waals surface area contributed by atoms with Gasteiger partial charge in [-0.25, -0.2) is 0 Å². The fourth-order valence-corrected chi connectivity index (χ4v) is 3.06. The SMILES string of the molecule is CCOc1ccc2cc(C(=O)NCC3CCCC3O)[nH]c2c1. The van der Waals surface area contributed by atoms with E-state index in [1.54, 1.807) is 0 Å². The molecule has 3 rings (SSSR count). The molecule has 2 atom stereocenters. The van der Waals surface area contributed by atoms with E-state index in [-0.39, 0.29) is 17.9 Å². The number of hydrogen-bond acceptors (Lipinski definition) is 3. The zero-order chi connectivity index (χ0) is 15.5. The number of carbonyl (C=O) groups is 1. The van der Waals surface area contributed by atoms with Crippen molar-refractivity contribution >= 4 is 16.8 Å². The van der Waals surface area contributed by atoms with Gasteiger partial charge in [0.2, 0.25) is 0 Å². The molecule has 5 heteroatoms. The second kappa shape index (κ2) is 6.40. The highest BCUT2D eigenvalue weighted by molar-refractivity contribution is 5.98. The van der Waals surface area contributed by atoms with Crippen LogP contribution in [0.4, 0.5) is 0 Å². The Labute approximate surface area is 129 Å². The molecule has 1 aliphatic carbocycles. The molecule has 2 unspecified atom stereocenters. The minimum Gasteiger partial charge on any atom is -0.494 e. The number of benzene rings is 1. The monoisotopic (exact) mass is 302 g/mol. The van der Waals surface area contributed by atoms with Crippen LogP contribution in [0.1, 0.15) is 36.7 Å². The Bertz CT molecular complexity index is 665. The third kappa shape index (κ3) is 3.09. The van der Waals surface area contributed by atoms with Crippen molar-refractivity contribution in [2.24, 2.45) is 5.92 Å². The van der Waals surface area contributed by atoms with Crippen molar-refractivity contribution in [1.29, 1.82) is 0 Å². The molecule has 0 aliphatic heterocycles. The molecule has 0 spiro atoms. The molecule has 1 aliphatic rings. The average Bonchev–Trinajstić information content (AvgIpc) is 3.11. The van der Waals surface area contributed by atoms with Crippen molar-refractivity contribution in [3.8, 4) is 5.75 Å². The number of fused-ring (bicyclic) bond motifs is 1. The fraction of sp³-hybridized carbons (Fsp3) is 0.471. The summed E-state index contributed by atoms with van der Waals surface area (Å²) in [4.78, 5) is 15.4. The molecule has 1 amide bonds. The molecule has 118 valence electrons. The number of nitrogens with one attached hydrogen (secondary N) is 2. The molecule has 0 saturated heterocycles. The summed E-state index contributed by atoms with van der Waals surface area (Å²) in [7, 11) is 0. The number of amides is 1. The Hall–Kier alpha value is -2.01. The lowest BCUT2D eigenvalue weighted by atomic mass is 10.1. The van der Waals surface area contributed by atoms with E-state index in [1.165, 1.54) is 0 Å². The first-order valence-corrected chi connectivity index (χ1v) is 7.89. The average molecular weight is 302 g/mol. The first-order chi connectivity index (χ1) is 10.7. The third-order valence-corrected chi connectivity index (χ3v) is 4.29. The topological polar surface area (TPSA) is 74.3 Å². The predicted octanol–water partition coefficient (Wildman–Crippen LogP) is 2.46. The molecular formula is C17H22N2O3. The Kier molecular flexibility index (Phi) is 4.34. The van der Waals surface area contributed by atoms with E-state index in [9.17, 15) is 9.90 Å². The molecule has 0 bridgehead atoms. The molecule has 1 fully saturated rings. The Morgan fingerprint density at radius 2 is 2.27 bits per heavy atom. The Morgan fingerprint density at radius 3 is 3.00 bits per heavy atom. The van der Waals surface area contributed by atoms with Crippen LogP contribution in [0.5, 0.6) is 5.75 Å². The van der Waals surface area contributed by atoms with Crippen molar-refractivity contribution in [2.75, 3.05) is 13.2 Å². The van der Waals surface area contributed by atoms with Gasteiger partial charge >= 0.3 is 0 Å². The maximum atomic E-state index is 12.2. The number of aliphatic hydroxyl groups excluding tert-OH is 1. The minimum atomic E-state index is -0.281. The Balaban J connectivity index is 1.68. The van der Waals surface area contributed by atoms with Gasteiger partial charge < -0.3 is 20.1 Å². The van der Waals surface area contributed by atoms with E-state index in [0.29, 0.717) is 18.8 Å². The van der Waals surface area contributed by atoms with Crippen molar-refractivity contribution in [2.45, 2.75) is 32.3 Å². The van der Waals surface area contributed by atoms with Gasteiger partial charge in [0.15, 0.2) is 0 Å². The van der Waals surface area contributed by atoms with Crippen molar-refractivity contribution < 1.29 is 14.6 Å². The van der Waals surface area contributed by atoms with Crippen LogP contribution in [-0.2, 0) is 0 Å². The summed E-state index contributed by atoms with van der Waals surface area (Å²) in [5, 5.41) is 13.7. The van der Waals surface area contributed by atoms with Gasteiger partial charge in [-0.1, -0.05) is 6.42 Å². The highest BCUT2D eigenvalue weighted by Crippen LogP contribution is 2.25. The summed E-state index contributed by atoms with van der Waals surface area (Å²) < 4.78 is 5.46. The van der Waals surface area contributed by atoms with E-state index in [2.05, 4.69) is 10.3 Å². The molecule has 1 heterocycles. The van der Waals surface area contributed by atoms with Crippen molar-refractivity contribution in [3.05, 3.63) is 30.0 Å². The summed E-state index contributed by atoms with van der Waals surface area (Å²) in [5.41, 5.74) is 1.42. The quantitative estimate of drug-likeness (QED) is 0.794. The molecule has 2 aromatic rings. The first-order valence-electron chi connectivity index (χ1n) is 7.89. The second-order valence-electron chi connectivity index (χ2n) is 5.83. The molecule has 5 nitrogen and oxygen atoms in total. The summed E-state index contributed by atoms with van der Waals surface area (Å²) >= 11 is 0.